The molecule has 2 fully saturated rings. The van der Waals surface area contributed by atoms with Crippen LogP contribution >= 0.6 is 22.9 Å². The summed E-state index contributed by atoms with van der Waals surface area (Å²) in [5.41, 5.74) is 1.55. The van der Waals surface area contributed by atoms with Crippen LogP contribution in [0.25, 0.3) is 0 Å². The number of anilines is 1. The van der Waals surface area contributed by atoms with E-state index < -0.39 is 0 Å². The summed E-state index contributed by atoms with van der Waals surface area (Å²) in [7, 11) is 1.67. The van der Waals surface area contributed by atoms with Crippen LogP contribution < -0.4 is 5.32 Å². The van der Waals surface area contributed by atoms with Gasteiger partial charge >= 0.3 is 6.03 Å². The normalized spacial score (nSPS) is 18.3. The fourth-order valence-electron chi connectivity index (χ4n) is 1.30. The number of hydrogen-bond acceptors (Lipinski definition) is 6. The maximum absolute atomic E-state index is 11.6. The molecule has 0 aromatic carbocycles. The third kappa shape index (κ3) is 5.58. The van der Waals surface area contributed by atoms with Crippen LogP contribution in [0.15, 0.2) is 5.51 Å². The fourth-order valence-corrected chi connectivity index (χ4v) is 1.86. The predicted molar refractivity (Wildman–Crippen MR) is 76.1 cm³/mol. The molecule has 20 heavy (non-hydrogen) atoms. The second kappa shape index (κ2) is 7.72. The summed E-state index contributed by atoms with van der Waals surface area (Å²) in [5, 5.41) is 11.0. The van der Waals surface area contributed by atoms with E-state index in [1.807, 2.05) is 0 Å². The Morgan fingerprint density at radius 2 is 2.20 bits per heavy atom. The lowest BCUT2D eigenvalue weighted by atomic mass is 10.5. The summed E-state index contributed by atoms with van der Waals surface area (Å²) >= 11 is 6.65. The van der Waals surface area contributed by atoms with Crippen molar-refractivity contribution in [3.05, 3.63) is 5.51 Å². The highest BCUT2D eigenvalue weighted by atomic mass is 35.5. The number of halogens is 1. The van der Waals surface area contributed by atoms with Gasteiger partial charge in [-0.05, 0) is 12.8 Å². The fraction of sp³-hybridized carbons (Fsp3) is 0.727. The highest BCUT2D eigenvalue weighted by molar-refractivity contribution is 7.13. The number of urea groups is 1. The Morgan fingerprint density at radius 3 is 2.70 bits per heavy atom. The minimum atomic E-state index is -0.329. The number of likely N-dealkylation sites (N-methyl/N-ethyl adjacent to an activating group) is 1. The van der Waals surface area contributed by atoms with Crippen molar-refractivity contribution in [2.45, 2.75) is 24.5 Å². The molecule has 2 amide bonds. The molecule has 0 unspecified atom stereocenters. The van der Waals surface area contributed by atoms with Crippen LogP contribution in [0.2, 0.25) is 0 Å². The Kier molecular flexibility index (Phi) is 5.96. The zero-order chi connectivity index (χ0) is 14.4. The largest absolute Gasteiger partial charge is 0.348 e. The minimum absolute atomic E-state index is 0.254. The standard InChI is InChI=1S/C8H12N4O3S.C3H5Cl/c1-12(4-6-14-2-3-15-6)8(13)10-7-11-9-5-16-7;4-3-1-2-3/h5-6H,2-4H2,1H3,(H,10,11,13);3H,1-2H2. The van der Waals surface area contributed by atoms with Gasteiger partial charge in [0.05, 0.1) is 19.8 Å². The Bertz CT molecular complexity index is 410. The van der Waals surface area contributed by atoms with Crippen molar-refractivity contribution in [1.29, 1.82) is 0 Å². The molecule has 9 heteroatoms. The zero-order valence-electron chi connectivity index (χ0n) is 11.1. The number of aromatic nitrogens is 2. The second-order valence-electron chi connectivity index (χ2n) is 4.40. The molecule has 112 valence electrons. The van der Waals surface area contributed by atoms with Crippen molar-refractivity contribution in [3.63, 3.8) is 0 Å². The summed E-state index contributed by atoms with van der Waals surface area (Å²) < 4.78 is 10.5. The van der Waals surface area contributed by atoms with Crippen LogP contribution in [-0.2, 0) is 9.47 Å². The molecule has 1 saturated heterocycles. The topological polar surface area (TPSA) is 76.6 Å². The van der Waals surface area contributed by atoms with Crippen LogP contribution in [0.3, 0.4) is 0 Å². The van der Waals surface area contributed by atoms with Crippen molar-refractivity contribution in [2.75, 3.05) is 32.1 Å². The monoisotopic (exact) mass is 320 g/mol. The third-order valence-electron chi connectivity index (χ3n) is 2.54. The summed E-state index contributed by atoms with van der Waals surface area (Å²) in [5.74, 6) is 0. The number of carbonyl (C=O) groups excluding carboxylic acids is 1. The molecule has 0 radical (unpaired) electrons. The molecular formula is C11H17ClN4O3S. The number of alkyl halides is 1. The Balaban J connectivity index is 0.000000315. The average molecular weight is 321 g/mol. The van der Waals surface area contributed by atoms with E-state index >= 15 is 0 Å². The molecule has 1 saturated carbocycles. The first-order chi connectivity index (χ1) is 9.65. The number of hydrogen-bond donors (Lipinski definition) is 1. The summed E-state index contributed by atoms with van der Waals surface area (Å²) in [6, 6.07) is -0.254. The minimum Gasteiger partial charge on any atom is -0.348 e. The van der Waals surface area contributed by atoms with Crippen molar-refractivity contribution < 1.29 is 14.3 Å². The van der Waals surface area contributed by atoms with Gasteiger partial charge in [0.15, 0.2) is 6.29 Å². The smallest absolute Gasteiger partial charge is 0.323 e. The molecule has 3 rings (SSSR count). The van der Waals surface area contributed by atoms with E-state index in [2.05, 4.69) is 15.5 Å². The first-order valence-corrected chi connectivity index (χ1v) is 7.62. The Morgan fingerprint density at radius 1 is 1.55 bits per heavy atom. The van der Waals surface area contributed by atoms with Gasteiger partial charge in [0.25, 0.3) is 0 Å². The van der Waals surface area contributed by atoms with E-state index in [0.717, 1.165) is 0 Å². The maximum atomic E-state index is 11.6. The van der Waals surface area contributed by atoms with Crippen LogP contribution in [0, 0.1) is 0 Å². The molecule has 1 aliphatic carbocycles. The first-order valence-electron chi connectivity index (χ1n) is 6.30. The molecule has 1 aromatic rings. The zero-order valence-corrected chi connectivity index (χ0v) is 12.7. The van der Waals surface area contributed by atoms with Gasteiger partial charge in [0.2, 0.25) is 5.13 Å². The molecule has 1 aromatic heterocycles. The molecule has 2 heterocycles. The molecule has 0 atom stereocenters. The number of carbonyl (C=O) groups is 1. The van der Waals surface area contributed by atoms with Gasteiger partial charge in [0, 0.05) is 12.4 Å². The lowest BCUT2D eigenvalue weighted by molar-refractivity contribution is -0.0518. The molecule has 7 nitrogen and oxygen atoms in total. The molecule has 0 bridgehead atoms. The van der Waals surface area contributed by atoms with E-state index in [1.165, 1.54) is 29.1 Å². The van der Waals surface area contributed by atoms with Crippen molar-refractivity contribution in [2.24, 2.45) is 0 Å². The van der Waals surface area contributed by atoms with E-state index in [0.29, 0.717) is 30.3 Å². The maximum Gasteiger partial charge on any atom is 0.323 e. The highest BCUT2D eigenvalue weighted by Gasteiger charge is 2.20. The van der Waals surface area contributed by atoms with Crippen LogP contribution in [-0.4, -0.2) is 59.6 Å². The van der Waals surface area contributed by atoms with Crippen LogP contribution in [0.5, 0.6) is 0 Å². The summed E-state index contributed by atoms with van der Waals surface area (Å²) in [6.45, 7) is 1.55. The average Bonchev–Trinajstić information content (AvgIpc) is 2.88. The van der Waals surface area contributed by atoms with E-state index in [-0.39, 0.29) is 12.3 Å². The molecular weight excluding hydrogens is 304 g/mol. The van der Waals surface area contributed by atoms with E-state index in [1.54, 1.807) is 12.6 Å². The van der Waals surface area contributed by atoms with Gasteiger partial charge in [-0.2, -0.15) is 0 Å². The van der Waals surface area contributed by atoms with Crippen LogP contribution in [0.4, 0.5) is 9.93 Å². The van der Waals surface area contributed by atoms with E-state index in [4.69, 9.17) is 21.1 Å². The third-order valence-corrected chi connectivity index (χ3v) is 3.58. The second-order valence-corrected chi connectivity index (χ2v) is 5.85. The predicted octanol–water partition coefficient (Wildman–Crippen LogP) is 1.76. The number of nitrogens with zero attached hydrogens (tertiary/aromatic N) is 3. The van der Waals surface area contributed by atoms with Crippen LogP contribution in [0.1, 0.15) is 12.8 Å². The highest BCUT2D eigenvalue weighted by Crippen LogP contribution is 2.25. The van der Waals surface area contributed by atoms with Crippen molar-refractivity contribution >= 4 is 34.1 Å². The van der Waals surface area contributed by atoms with Gasteiger partial charge in [0.1, 0.15) is 5.51 Å². The van der Waals surface area contributed by atoms with E-state index in [9.17, 15) is 4.79 Å². The lowest BCUT2D eigenvalue weighted by Gasteiger charge is -2.19. The van der Waals surface area contributed by atoms with Gasteiger partial charge in [-0.15, -0.1) is 21.8 Å². The Labute approximate surface area is 126 Å². The van der Waals surface area contributed by atoms with Gasteiger partial charge in [-0.1, -0.05) is 11.3 Å². The van der Waals surface area contributed by atoms with Crippen molar-refractivity contribution in [3.8, 4) is 0 Å². The Hall–Kier alpha value is -0.960. The van der Waals surface area contributed by atoms with Gasteiger partial charge in [-0.3, -0.25) is 5.32 Å². The summed E-state index contributed by atoms with van der Waals surface area (Å²) in [6.07, 6.45) is 2.17. The van der Waals surface area contributed by atoms with Gasteiger partial charge < -0.3 is 14.4 Å². The molecule has 1 N–H and O–H groups in total. The first kappa shape index (κ1) is 15.4. The molecule has 2 aliphatic rings. The number of nitrogens with one attached hydrogen (secondary N) is 1. The SMILES string of the molecule is CN(CC1OCCO1)C(=O)Nc1nncs1.ClC1CC1. The number of rotatable bonds is 3. The number of ether oxygens (including phenoxy) is 2. The molecule has 0 spiro atoms. The molecule has 1 aliphatic heterocycles. The van der Waals surface area contributed by atoms with Gasteiger partial charge in [-0.25, -0.2) is 4.79 Å². The quantitative estimate of drug-likeness (QED) is 0.859. The lowest BCUT2D eigenvalue weighted by Crippen LogP contribution is -2.37. The summed E-state index contributed by atoms with van der Waals surface area (Å²) in [4.78, 5) is 13.1. The number of amides is 2. The van der Waals surface area contributed by atoms with Crippen molar-refractivity contribution in [1.82, 2.24) is 15.1 Å².